The van der Waals surface area contributed by atoms with Crippen LogP contribution in [0.3, 0.4) is 0 Å². The van der Waals surface area contributed by atoms with E-state index in [0.29, 0.717) is 25.4 Å². The highest BCUT2D eigenvalue weighted by Gasteiger charge is 2.38. The number of hydrogen-bond acceptors (Lipinski definition) is 3. The number of cyclic esters (lactones) is 1. The molecule has 0 aromatic heterocycles. The Hall–Kier alpha value is -1.84. The fraction of sp³-hybridized carbons (Fsp3) is 0.652. The maximum Gasteiger partial charge on any atom is 0.416 e. The topological polar surface area (TPSA) is 46.6 Å². The Morgan fingerprint density at radius 1 is 1.07 bits per heavy atom. The molecule has 0 aliphatic carbocycles. The number of amides is 2. The molecule has 1 fully saturated rings. The van der Waals surface area contributed by atoms with E-state index < -0.39 is 6.09 Å². The van der Waals surface area contributed by atoms with Gasteiger partial charge in [0, 0.05) is 6.42 Å². The largest absolute Gasteiger partial charge is 0.447 e. The van der Waals surface area contributed by atoms with Crippen molar-refractivity contribution in [3.8, 4) is 0 Å². The first-order valence-corrected chi connectivity index (χ1v) is 10.7. The normalized spacial score (nSPS) is 16.8. The Morgan fingerprint density at radius 3 is 2.30 bits per heavy atom. The smallest absolute Gasteiger partial charge is 0.416 e. The second kappa shape index (κ2) is 11.8. The third-order valence-corrected chi connectivity index (χ3v) is 5.44. The van der Waals surface area contributed by atoms with E-state index in [1.807, 2.05) is 30.3 Å². The molecule has 4 heteroatoms. The van der Waals surface area contributed by atoms with Crippen LogP contribution < -0.4 is 0 Å². The van der Waals surface area contributed by atoms with Gasteiger partial charge in [-0.1, -0.05) is 82.7 Å². The van der Waals surface area contributed by atoms with Crippen LogP contribution in [0.1, 0.15) is 77.2 Å². The van der Waals surface area contributed by atoms with E-state index in [1.165, 1.54) is 43.4 Å². The van der Waals surface area contributed by atoms with Gasteiger partial charge >= 0.3 is 6.09 Å². The fourth-order valence-corrected chi connectivity index (χ4v) is 3.86. The predicted molar refractivity (Wildman–Crippen MR) is 109 cm³/mol. The Balaban J connectivity index is 1.96. The number of carbonyl (C=O) groups is 2. The summed E-state index contributed by atoms with van der Waals surface area (Å²) in [4.78, 5) is 26.5. The van der Waals surface area contributed by atoms with Gasteiger partial charge in [-0.05, 0) is 30.7 Å². The van der Waals surface area contributed by atoms with Crippen LogP contribution in [0.5, 0.6) is 0 Å². The molecule has 0 bridgehead atoms. The molecule has 1 heterocycles. The monoisotopic (exact) mass is 373 g/mol. The van der Waals surface area contributed by atoms with Crippen LogP contribution >= 0.6 is 0 Å². The number of benzene rings is 1. The van der Waals surface area contributed by atoms with E-state index in [0.717, 1.165) is 18.4 Å². The number of unbranched alkanes of at least 4 members (excludes halogenated alkanes) is 4. The minimum absolute atomic E-state index is 0.0589. The molecule has 2 amide bonds. The number of imide groups is 1. The van der Waals surface area contributed by atoms with Crippen LogP contribution in [-0.4, -0.2) is 29.5 Å². The number of hydrogen-bond donors (Lipinski definition) is 0. The second-order valence-electron chi connectivity index (χ2n) is 7.75. The van der Waals surface area contributed by atoms with Gasteiger partial charge in [0.05, 0.1) is 6.04 Å². The van der Waals surface area contributed by atoms with Crippen molar-refractivity contribution in [2.24, 2.45) is 5.92 Å². The van der Waals surface area contributed by atoms with Gasteiger partial charge < -0.3 is 4.74 Å². The lowest BCUT2D eigenvalue weighted by molar-refractivity contribution is -0.130. The quantitative estimate of drug-likeness (QED) is 0.439. The summed E-state index contributed by atoms with van der Waals surface area (Å²) in [5.74, 6) is 0.317. The van der Waals surface area contributed by atoms with Gasteiger partial charge in [0.1, 0.15) is 6.61 Å². The molecule has 0 unspecified atom stereocenters. The molecule has 1 atom stereocenters. The predicted octanol–water partition coefficient (Wildman–Crippen LogP) is 5.74. The first-order valence-electron chi connectivity index (χ1n) is 10.7. The summed E-state index contributed by atoms with van der Waals surface area (Å²) in [5, 5.41) is 0. The highest BCUT2D eigenvalue weighted by Crippen LogP contribution is 2.25. The molecule has 1 aliphatic heterocycles. The lowest BCUT2D eigenvalue weighted by Crippen LogP contribution is -2.41. The first-order chi connectivity index (χ1) is 13.2. The van der Waals surface area contributed by atoms with Gasteiger partial charge in [-0.15, -0.1) is 0 Å². The molecular weight excluding hydrogens is 338 g/mol. The van der Waals surface area contributed by atoms with Crippen molar-refractivity contribution in [2.45, 2.75) is 84.1 Å². The van der Waals surface area contributed by atoms with Crippen LogP contribution in [0, 0.1) is 5.92 Å². The molecule has 1 saturated heterocycles. The molecule has 0 spiro atoms. The maximum absolute atomic E-state index is 13.0. The lowest BCUT2D eigenvalue weighted by atomic mass is 9.91. The van der Waals surface area contributed by atoms with Gasteiger partial charge in [0.15, 0.2) is 0 Å². The molecule has 1 aromatic carbocycles. The van der Waals surface area contributed by atoms with Crippen molar-refractivity contribution in [3.05, 3.63) is 35.9 Å². The summed E-state index contributed by atoms with van der Waals surface area (Å²) in [6.07, 6.45) is 9.94. The van der Waals surface area contributed by atoms with Crippen LogP contribution in [0.15, 0.2) is 30.3 Å². The van der Waals surface area contributed by atoms with Crippen molar-refractivity contribution < 1.29 is 14.3 Å². The highest BCUT2D eigenvalue weighted by atomic mass is 16.6. The van der Waals surface area contributed by atoms with E-state index in [2.05, 4.69) is 13.8 Å². The first kappa shape index (κ1) is 21.5. The summed E-state index contributed by atoms with van der Waals surface area (Å²) in [6.45, 7) is 4.70. The van der Waals surface area contributed by atoms with Crippen molar-refractivity contribution in [2.75, 3.05) is 6.61 Å². The Morgan fingerprint density at radius 2 is 1.70 bits per heavy atom. The minimum atomic E-state index is -0.471. The van der Waals surface area contributed by atoms with Crippen molar-refractivity contribution in [1.29, 1.82) is 0 Å². The van der Waals surface area contributed by atoms with E-state index in [9.17, 15) is 9.59 Å². The van der Waals surface area contributed by atoms with Crippen molar-refractivity contribution in [1.82, 2.24) is 4.90 Å². The average molecular weight is 374 g/mol. The van der Waals surface area contributed by atoms with Gasteiger partial charge in [-0.2, -0.15) is 0 Å². The van der Waals surface area contributed by atoms with E-state index >= 15 is 0 Å². The number of ether oxygens (including phenoxy) is 1. The number of nitrogens with zero attached hydrogens (tertiary/aromatic N) is 1. The van der Waals surface area contributed by atoms with Gasteiger partial charge in [0.2, 0.25) is 5.91 Å². The zero-order valence-corrected chi connectivity index (χ0v) is 17.0. The third-order valence-electron chi connectivity index (χ3n) is 5.44. The molecule has 27 heavy (non-hydrogen) atoms. The van der Waals surface area contributed by atoms with E-state index in [1.54, 1.807) is 0 Å². The summed E-state index contributed by atoms with van der Waals surface area (Å²) >= 11 is 0. The SMILES string of the molecule is CCCCCC(CCCCC)CC(=O)N1C(=O)OC[C@H]1Cc1ccccc1. The van der Waals surface area contributed by atoms with E-state index in [4.69, 9.17) is 4.74 Å². The standard InChI is InChI=1S/C23H35NO3/c1-3-5-8-12-20(13-9-6-4-2)17-22(25)24-21(18-27-23(24)26)16-19-14-10-7-11-15-19/h7,10-11,14-15,20-21H,3-6,8-9,12-13,16-18H2,1-2H3/t21-/m1/s1. The van der Waals surface area contributed by atoms with Crippen molar-refractivity contribution in [3.63, 3.8) is 0 Å². The molecule has 0 radical (unpaired) electrons. The minimum Gasteiger partial charge on any atom is -0.447 e. The fourth-order valence-electron chi connectivity index (χ4n) is 3.86. The van der Waals surface area contributed by atoms with Crippen LogP contribution in [0.25, 0.3) is 0 Å². The third kappa shape index (κ3) is 7.00. The molecule has 0 N–H and O–H groups in total. The molecular formula is C23H35NO3. The summed E-state index contributed by atoms with van der Waals surface area (Å²) in [6, 6.07) is 9.82. The number of rotatable bonds is 12. The molecule has 150 valence electrons. The average Bonchev–Trinajstić information content (AvgIpc) is 3.03. The van der Waals surface area contributed by atoms with Gasteiger partial charge in [-0.3, -0.25) is 4.79 Å². The number of carbonyl (C=O) groups excluding carboxylic acids is 2. The molecule has 2 rings (SSSR count). The zero-order valence-electron chi connectivity index (χ0n) is 17.0. The van der Waals surface area contributed by atoms with Crippen LogP contribution in [0.4, 0.5) is 4.79 Å². The van der Waals surface area contributed by atoms with E-state index in [-0.39, 0.29) is 11.9 Å². The summed E-state index contributed by atoms with van der Waals surface area (Å²) in [7, 11) is 0. The van der Waals surface area contributed by atoms with Crippen LogP contribution in [0.2, 0.25) is 0 Å². The molecule has 1 aliphatic rings. The Labute approximate surface area is 164 Å². The summed E-state index contributed by atoms with van der Waals surface area (Å²) < 4.78 is 5.22. The van der Waals surface area contributed by atoms with Gasteiger partial charge in [-0.25, -0.2) is 9.69 Å². The van der Waals surface area contributed by atoms with Gasteiger partial charge in [0.25, 0.3) is 0 Å². The molecule has 0 saturated carbocycles. The summed E-state index contributed by atoms with van der Waals surface area (Å²) in [5.41, 5.74) is 1.13. The van der Waals surface area contributed by atoms with Crippen molar-refractivity contribution >= 4 is 12.0 Å². The Kier molecular flexibility index (Phi) is 9.37. The Bertz CT molecular complexity index is 562. The maximum atomic E-state index is 13.0. The second-order valence-corrected chi connectivity index (χ2v) is 7.75. The van der Waals surface area contributed by atoms with Crippen LogP contribution in [-0.2, 0) is 16.0 Å². The zero-order chi connectivity index (χ0) is 19.5. The molecule has 1 aromatic rings. The highest BCUT2D eigenvalue weighted by molar-refractivity contribution is 5.93. The molecule has 4 nitrogen and oxygen atoms in total. The lowest BCUT2D eigenvalue weighted by Gasteiger charge is -2.23.